The number of hydrogen-bond acceptors (Lipinski definition) is 4. The van der Waals surface area contributed by atoms with E-state index in [2.05, 4.69) is 17.0 Å². The molecule has 0 saturated carbocycles. The lowest BCUT2D eigenvalue weighted by atomic mass is 10.2. The highest BCUT2D eigenvalue weighted by Gasteiger charge is 2.27. The van der Waals surface area contributed by atoms with Crippen LogP contribution >= 0.6 is 0 Å². The van der Waals surface area contributed by atoms with Crippen molar-refractivity contribution in [1.29, 1.82) is 0 Å². The van der Waals surface area contributed by atoms with E-state index in [1.54, 1.807) is 4.90 Å². The molecule has 1 aromatic rings. The maximum atomic E-state index is 12.3. The second kappa shape index (κ2) is 8.06. The molecular weight excluding hydrogens is 328 g/mol. The first-order valence-electron chi connectivity index (χ1n) is 7.98. The van der Waals surface area contributed by atoms with Gasteiger partial charge in [0.05, 0.1) is 6.54 Å². The van der Waals surface area contributed by atoms with Crippen molar-refractivity contribution in [2.24, 2.45) is 0 Å². The van der Waals surface area contributed by atoms with Crippen LogP contribution in [0.4, 0.5) is 0 Å². The average Bonchev–Trinajstić information content (AvgIpc) is 2.56. The zero-order valence-electron chi connectivity index (χ0n) is 14.6. The monoisotopic (exact) mass is 354 g/mol. The normalized spacial score (nSPS) is 16.8. The van der Waals surface area contributed by atoms with Gasteiger partial charge >= 0.3 is 0 Å². The molecule has 1 aliphatic rings. The van der Waals surface area contributed by atoms with Crippen LogP contribution in [0.2, 0.25) is 0 Å². The maximum absolute atomic E-state index is 12.3. The summed E-state index contributed by atoms with van der Waals surface area (Å²) in [5, 5.41) is 0. The Hall–Kier alpha value is -1.48. The number of carbonyl (C=O) groups is 1. The van der Waals surface area contributed by atoms with Crippen LogP contribution in [0.3, 0.4) is 0 Å². The molecule has 1 aliphatic heterocycles. The van der Waals surface area contributed by atoms with Crippen LogP contribution in [0, 0.1) is 0 Å². The van der Waals surface area contributed by atoms with Crippen LogP contribution in [-0.4, -0.2) is 86.6 Å². The molecule has 0 aromatic heterocycles. The fourth-order valence-corrected chi connectivity index (χ4v) is 3.48. The topological polar surface area (TPSA) is 64.2 Å². The smallest absolute Gasteiger partial charge is 0.281 e. The van der Waals surface area contributed by atoms with Crippen LogP contribution in [0.1, 0.15) is 5.56 Å². The van der Waals surface area contributed by atoms with Crippen LogP contribution in [0.25, 0.3) is 0 Å². The summed E-state index contributed by atoms with van der Waals surface area (Å²) in [7, 11) is 0.790. The standard InChI is InChI=1S/C16H26N4O3S/c1-17(2)24(22,23)18(3)14-16(21)20-11-9-19(10-12-20)13-15-7-5-4-6-8-15/h4-8H,9-14H2,1-3H3. The third-order valence-corrected chi connectivity index (χ3v) is 6.03. The molecule has 1 saturated heterocycles. The van der Waals surface area contributed by atoms with Gasteiger partial charge in [-0.2, -0.15) is 17.0 Å². The minimum atomic E-state index is -3.55. The molecule has 1 fully saturated rings. The van der Waals surface area contributed by atoms with Crippen molar-refractivity contribution in [3.05, 3.63) is 35.9 Å². The first-order valence-corrected chi connectivity index (χ1v) is 9.38. The number of piperazine rings is 1. The van der Waals surface area contributed by atoms with Crippen LogP contribution in [0.5, 0.6) is 0 Å². The highest BCUT2D eigenvalue weighted by Crippen LogP contribution is 2.09. The third kappa shape index (κ3) is 4.76. The van der Waals surface area contributed by atoms with Gasteiger partial charge in [0.25, 0.3) is 10.2 Å². The Kier molecular flexibility index (Phi) is 6.34. The van der Waals surface area contributed by atoms with Gasteiger partial charge in [-0.3, -0.25) is 9.69 Å². The van der Waals surface area contributed by atoms with Crippen LogP contribution in [-0.2, 0) is 21.5 Å². The van der Waals surface area contributed by atoms with E-state index in [-0.39, 0.29) is 12.5 Å². The third-order valence-electron chi connectivity index (χ3n) is 4.19. The zero-order valence-corrected chi connectivity index (χ0v) is 15.4. The summed E-state index contributed by atoms with van der Waals surface area (Å²) in [5.74, 6) is -0.151. The lowest BCUT2D eigenvalue weighted by Crippen LogP contribution is -2.51. The summed E-state index contributed by atoms with van der Waals surface area (Å²) >= 11 is 0. The molecule has 2 rings (SSSR count). The predicted octanol–water partition coefficient (Wildman–Crippen LogP) is 0.0690. The van der Waals surface area contributed by atoms with Crippen molar-refractivity contribution >= 4 is 16.1 Å². The Balaban J connectivity index is 1.82. The Morgan fingerprint density at radius 3 is 2.17 bits per heavy atom. The number of amides is 1. The van der Waals surface area contributed by atoms with E-state index in [0.29, 0.717) is 13.1 Å². The highest BCUT2D eigenvalue weighted by atomic mass is 32.2. The van der Waals surface area contributed by atoms with E-state index in [0.717, 1.165) is 28.2 Å². The molecule has 0 spiro atoms. The number of likely N-dealkylation sites (N-methyl/N-ethyl adjacent to an activating group) is 1. The number of carbonyl (C=O) groups excluding carboxylic acids is 1. The average molecular weight is 354 g/mol. The largest absolute Gasteiger partial charge is 0.339 e. The molecule has 8 heteroatoms. The minimum absolute atomic E-state index is 0.126. The summed E-state index contributed by atoms with van der Waals surface area (Å²) < 4.78 is 26.2. The van der Waals surface area contributed by atoms with Gasteiger partial charge in [0.2, 0.25) is 5.91 Å². The first kappa shape index (κ1) is 18.9. The second-order valence-corrected chi connectivity index (χ2v) is 8.44. The van der Waals surface area contributed by atoms with Crippen LogP contribution < -0.4 is 0 Å². The van der Waals surface area contributed by atoms with E-state index in [9.17, 15) is 13.2 Å². The minimum Gasteiger partial charge on any atom is -0.339 e. The van der Waals surface area contributed by atoms with Crippen LogP contribution in [0.15, 0.2) is 30.3 Å². The Bertz CT molecular complexity index is 641. The maximum Gasteiger partial charge on any atom is 0.281 e. The molecule has 0 bridgehead atoms. The molecule has 0 atom stereocenters. The fourth-order valence-electron chi connectivity index (χ4n) is 2.65. The number of benzene rings is 1. The Morgan fingerprint density at radius 1 is 1.04 bits per heavy atom. The zero-order chi connectivity index (χ0) is 17.7. The quantitative estimate of drug-likeness (QED) is 0.725. The predicted molar refractivity (Wildman–Crippen MR) is 93.5 cm³/mol. The van der Waals surface area contributed by atoms with E-state index < -0.39 is 10.2 Å². The molecule has 0 N–H and O–H groups in total. The first-order chi connectivity index (χ1) is 11.3. The summed E-state index contributed by atoms with van der Waals surface area (Å²) in [6.07, 6.45) is 0. The number of hydrogen-bond donors (Lipinski definition) is 0. The molecule has 24 heavy (non-hydrogen) atoms. The molecule has 1 heterocycles. The number of rotatable bonds is 6. The van der Waals surface area contributed by atoms with E-state index >= 15 is 0 Å². The van der Waals surface area contributed by atoms with E-state index in [4.69, 9.17) is 0 Å². The van der Waals surface area contributed by atoms with Gasteiger partial charge < -0.3 is 4.90 Å². The van der Waals surface area contributed by atoms with Gasteiger partial charge in [-0.05, 0) is 5.56 Å². The highest BCUT2D eigenvalue weighted by molar-refractivity contribution is 7.86. The second-order valence-electron chi connectivity index (χ2n) is 6.19. The van der Waals surface area contributed by atoms with Gasteiger partial charge in [0.1, 0.15) is 0 Å². The fraction of sp³-hybridized carbons (Fsp3) is 0.562. The van der Waals surface area contributed by atoms with Gasteiger partial charge in [-0.15, -0.1) is 0 Å². The van der Waals surface area contributed by atoms with Crippen molar-refractivity contribution in [2.45, 2.75) is 6.54 Å². The Morgan fingerprint density at radius 2 is 1.62 bits per heavy atom. The van der Waals surface area contributed by atoms with Gasteiger partial charge in [0.15, 0.2) is 0 Å². The Labute approximate surface area is 144 Å². The summed E-state index contributed by atoms with van der Waals surface area (Å²) in [6, 6.07) is 10.2. The molecule has 7 nitrogen and oxygen atoms in total. The SMILES string of the molecule is CN(C)S(=O)(=O)N(C)CC(=O)N1CCN(Cc2ccccc2)CC1. The van der Waals surface area contributed by atoms with Crippen molar-refractivity contribution < 1.29 is 13.2 Å². The van der Waals surface area contributed by atoms with E-state index in [1.165, 1.54) is 26.7 Å². The van der Waals surface area contributed by atoms with Gasteiger partial charge in [-0.25, -0.2) is 0 Å². The summed E-state index contributed by atoms with van der Waals surface area (Å²) in [4.78, 5) is 16.4. The summed E-state index contributed by atoms with van der Waals surface area (Å²) in [5.41, 5.74) is 1.26. The van der Waals surface area contributed by atoms with E-state index in [1.807, 2.05) is 18.2 Å². The molecule has 1 amide bonds. The summed E-state index contributed by atoms with van der Waals surface area (Å²) in [6.45, 7) is 3.59. The van der Waals surface area contributed by atoms with Gasteiger partial charge in [0, 0.05) is 53.9 Å². The lowest BCUT2D eigenvalue weighted by molar-refractivity contribution is -0.133. The number of nitrogens with zero attached hydrogens (tertiary/aromatic N) is 4. The lowest BCUT2D eigenvalue weighted by Gasteiger charge is -2.35. The van der Waals surface area contributed by atoms with Gasteiger partial charge in [-0.1, -0.05) is 30.3 Å². The molecule has 134 valence electrons. The molecule has 1 aromatic carbocycles. The van der Waals surface area contributed by atoms with Crippen molar-refractivity contribution in [2.75, 3.05) is 53.9 Å². The molecule has 0 unspecified atom stereocenters. The van der Waals surface area contributed by atoms with Crippen molar-refractivity contribution in [1.82, 2.24) is 18.4 Å². The molecule has 0 aliphatic carbocycles. The van der Waals surface area contributed by atoms with Crippen molar-refractivity contribution in [3.63, 3.8) is 0 Å². The molecular formula is C16H26N4O3S. The molecule has 0 radical (unpaired) electrons. The van der Waals surface area contributed by atoms with Crippen molar-refractivity contribution in [3.8, 4) is 0 Å².